The molecular formula is C24H31N3O3S. The third kappa shape index (κ3) is 5.95. The van der Waals surface area contributed by atoms with E-state index in [1.165, 1.54) is 11.3 Å². The molecule has 6 nitrogen and oxygen atoms in total. The topological polar surface area (TPSA) is 54.9 Å². The molecule has 166 valence electrons. The van der Waals surface area contributed by atoms with Crippen molar-refractivity contribution in [2.75, 3.05) is 45.8 Å². The summed E-state index contributed by atoms with van der Waals surface area (Å²) in [4.78, 5) is 22.2. The number of benzene rings is 2. The van der Waals surface area contributed by atoms with Gasteiger partial charge in [0.1, 0.15) is 17.0 Å². The first-order valence-electron chi connectivity index (χ1n) is 10.7. The Hall–Kier alpha value is -2.64. The third-order valence-corrected chi connectivity index (χ3v) is 5.94. The van der Waals surface area contributed by atoms with Gasteiger partial charge >= 0.3 is 0 Å². The fraction of sp³-hybridized carbons (Fsp3) is 0.417. The number of carbonyl (C=O) groups is 1. The maximum Gasteiger partial charge on any atom is 0.260 e. The lowest BCUT2D eigenvalue weighted by Crippen LogP contribution is -2.33. The molecule has 0 aliphatic carbocycles. The van der Waals surface area contributed by atoms with Gasteiger partial charge in [0.05, 0.1) is 18.4 Å². The molecule has 2 aromatic carbocycles. The fourth-order valence-electron chi connectivity index (χ4n) is 3.23. The highest BCUT2D eigenvalue weighted by Gasteiger charge is 2.22. The number of unbranched alkanes of at least 4 members (excludes halogenated alkanes) is 1. The number of aromatic nitrogens is 1. The number of thiazole rings is 1. The van der Waals surface area contributed by atoms with E-state index in [1.807, 2.05) is 56.6 Å². The highest BCUT2D eigenvalue weighted by atomic mass is 32.1. The lowest BCUT2D eigenvalue weighted by Gasteiger charge is -2.21. The molecule has 0 atom stereocenters. The first-order chi connectivity index (χ1) is 15.0. The molecule has 0 bridgehead atoms. The second kappa shape index (κ2) is 11.1. The van der Waals surface area contributed by atoms with Crippen molar-refractivity contribution in [3.63, 3.8) is 0 Å². The summed E-state index contributed by atoms with van der Waals surface area (Å²) < 4.78 is 12.3. The number of rotatable bonds is 11. The van der Waals surface area contributed by atoms with Crippen molar-refractivity contribution >= 4 is 32.6 Å². The minimum Gasteiger partial charge on any atom is -0.494 e. The molecule has 0 radical (unpaired) electrons. The molecule has 0 fully saturated rings. The zero-order valence-corrected chi connectivity index (χ0v) is 19.6. The molecule has 7 heteroatoms. The predicted octanol–water partition coefficient (Wildman–Crippen LogP) is 5.08. The van der Waals surface area contributed by atoms with Crippen molar-refractivity contribution in [1.29, 1.82) is 0 Å². The van der Waals surface area contributed by atoms with E-state index in [0.29, 0.717) is 29.6 Å². The standard InChI is InChI=1S/C24H31N3O3S/c1-5-6-16-30-19-11-7-10-18(17-19)23(28)27(15-9-14-26(2)3)24-25-22-20(29-4)12-8-13-21(22)31-24/h7-8,10-13,17H,5-6,9,14-16H2,1-4H3. The Morgan fingerprint density at radius 3 is 2.65 bits per heavy atom. The molecule has 0 aliphatic rings. The van der Waals surface area contributed by atoms with Crippen LogP contribution in [0.5, 0.6) is 11.5 Å². The number of methoxy groups -OCH3 is 1. The van der Waals surface area contributed by atoms with Gasteiger partial charge in [0.15, 0.2) is 5.13 Å². The van der Waals surface area contributed by atoms with E-state index in [-0.39, 0.29) is 5.91 Å². The molecule has 0 N–H and O–H groups in total. The van der Waals surface area contributed by atoms with Crippen LogP contribution in [0.15, 0.2) is 42.5 Å². The van der Waals surface area contributed by atoms with Crippen LogP contribution < -0.4 is 14.4 Å². The van der Waals surface area contributed by atoms with E-state index in [1.54, 1.807) is 12.0 Å². The average molecular weight is 442 g/mol. The normalized spacial score (nSPS) is 11.1. The molecule has 1 aromatic heterocycles. The summed E-state index contributed by atoms with van der Waals surface area (Å²) in [6.07, 6.45) is 2.90. The fourth-order valence-corrected chi connectivity index (χ4v) is 4.24. The van der Waals surface area contributed by atoms with Crippen LogP contribution in [-0.2, 0) is 0 Å². The quantitative estimate of drug-likeness (QED) is 0.388. The number of carbonyl (C=O) groups excluding carboxylic acids is 1. The van der Waals surface area contributed by atoms with Gasteiger partial charge in [0.2, 0.25) is 0 Å². The minimum absolute atomic E-state index is 0.0716. The Bertz CT molecular complexity index is 1000. The summed E-state index contributed by atoms with van der Waals surface area (Å²) in [6.45, 7) is 4.25. The van der Waals surface area contributed by atoms with Gasteiger partial charge in [-0.2, -0.15) is 0 Å². The molecule has 0 aliphatic heterocycles. The zero-order chi connectivity index (χ0) is 22.2. The van der Waals surface area contributed by atoms with Crippen LogP contribution in [-0.4, -0.2) is 56.7 Å². The maximum atomic E-state index is 13.5. The molecule has 3 aromatic rings. The van der Waals surface area contributed by atoms with Crippen molar-refractivity contribution in [2.24, 2.45) is 0 Å². The third-order valence-electron chi connectivity index (χ3n) is 4.90. The molecule has 0 unspecified atom stereocenters. The van der Waals surface area contributed by atoms with Gasteiger partial charge in [-0.3, -0.25) is 9.69 Å². The summed E-state index contributed by atoms with van der Waals surface area (Å²) in [5.74, 6) is 1.36. The van der Waals surface area contributed by atoms with E-state index in [2.05, 4.69) is 11.8 Å². The second-order valence-electron chi connectivity index (χ2n) is 7.65. The average Bonchev–Trinajstić information content (AvgIpc) is 3.20. The first kappa shape index (κ1) is 23.0. The van der Waals surface area contributed by atoms with E-state index >= 15 is 0 Å². The first-order valence-corrected chi connectivity index (χ1v) is 11.5. The van der Waals surface area contributed by atoms with Gasteiger partial charge < -0.3 is 14.4 Å². The maximum absolute atomic E-state index is 13.5. The van der Waals surface area contributed by atoms with Crippen LogP contribution in [0.25, 0.3) is 10.2 Å². The zero-order valence-electron chi connectivity index (χ0n) is 18.8. The Morgan fingerprint density at radius 1 is 1.10 bits per heavy atom. The van der Waals surface area contributed by atoms with Crippen LogP contribution in [0, 0.1) is 0 Å². The van der Waals surface area contributed by atoms with Crippen LogP contribution in [0.3, 0.4) is 0 Å². The van der Waals surface area contributed by atoms with Gasteiger partial charge in [-0.05, 0) is 63.8 Å². The summed E-state index contributed by atoms with van der Waals surface area (Å²) >= 11 is 1.51. The largest absolute Gasteiger partial charge is 0.494 e. The molecule has 1 amide bonds. The van der Waals surface area contributed by atoms with E-state index < -0.39 is 0 Å². The molecular weight excluding hydrogens is 410 g/mol. The van der Waals surface area contributed by atoms with Crippen LogP contribution in [0.2, 0.25) is 0 Å². The highest BCUT2D eigenvalue weighted by molar-refractivity contribution is 7.22. The number of nitrogens with zero attached hydrogens (tertiary/aromatic N) is 3. The van der Waals surface area contributed by atoms with Crippen molar-refractivity contribution < 1.29 is 14.3 Å². The molecule has 0 saturated carbocycles. The lowest BCUT2D eigenvalue weighted by molar-refractivity contribution is 0.0985. The van der Waals surface area contributed by atoms with Crippen LogP contribution in [0.1, 0.15) is 36.5 Å². The van der Waals surface area contributed by atoms with E-state index in [4.69, 9.17) is 14.5 Å². The van der Waals surface area contributed by atoms with Gasteiger partial charge in [-0.15, -0.1) is 0 Å². The number of hydrogen-bond donors (Lipinski definition) is 0. The van der Waals surface area contributed by atoms with Gasteiger partial charge in [-0.25, -0.2) is 4.98 Å². The number of para-hydroxylation sites is 1. The Labute approximate surface area is 188 Å². The lowest BCUT2D eigenvalue weighted by atomic mass is 10.2. The van der Waals surface area contributed by atoms with Crippen molar-refractivity contribution in [1.82, 2.24) is 9.88 Å². The molecule has 1 heterocycles. The number of ether oxygens (including phenoxy) is 2. The second-order valence-corrected chi connectivity index (χ2v) is 8.66. The van der Waals surface area contributed by atoms with Gasteiger partial charge in [-0.1, -0.05) is 36.8 Å². The van der Waals surface area contributed by atoms with Crippen molar-refractivity contribution in [3.05, 3.63) is 48.0 Å². The van der Waals surface area contributed by atoms with Crippen LogP contribution >= 0.6 is 11.3 Å². The summed E-state index contributed by atoms with van der Waals surface area (Å²) in [7, 11) is 5.70. The minimum atomic E-state index is -0.0716. The summed E-state index contributed by atoms with van der Waals surface area (Å²) in [6, 6.07) is 13.3. The molecule has 0 spiro atoms. The Kier molecular flexibility index (Phi) is 8.26. The molecule has 3 rings (SSSR count). The van der Waals surface area contributed by atoms with Crippen molar-refractivity contribution in [2.45, 2.75) is 26.2 Å². The summed E-state index contributed by atoms with van der Waals surface area (Å²) in [5.41, 5.74) is 1.39. The number of fused-ring (bicyclic) bond motifs is 1. The highest BCUT2D eigenvalue weighted by Crippen LogP contribution is 2.34. The molecule has 0 saturated heterocycles. The van der Waals surface area contributed by atoms with Gasteiger partial charge in [0.25, 0.3) is 5.91 Å². The monoisotopic (exact) mass is 441 g/mol. The van der Waals surface area contributed by atoms with E-state index in [9.17, 15) is 4.79 Å². The van der Waals surface area contributed by atoms with Gasteiger partial charge in [0, 0.05) is 12.1 Å². The Balaban J connectivity index is 1.90. The summed E-state index contributed by atoms with van der Waals surface area (Å²) in [5, 5.41) is 0.681. The van der Waals surface area contributed by atoms with Crippen LogP contribution in [0.4, 0.5) is 5.13 Å². The molecule has 31 heavy (non-hydrogen) atoms. The predicted molar refractivity (Wildman–Crippen MR) is 128 cm³/mol. The number of hydrogen-bond acceptors (Lipinski definition) is 6. The van der Waals surface area contributed by atoms with Crippen molar-refractivity contribution in [3.8, 4) is 11.5 Å². The smallest absolute Gasteiger partial charge is 0.260 e. The Morgan fingerprint density at radius 2 is 1.90 bits per heavy atom. The number of amides is 1. The SMILES string of the molecule is CCCCOc1cccc(C(=O)N(CCCN(C)C)c2nc3c(OC)cccc3s2)c1. The number of anilines is 1. The van der Waals surface area contributed by atoms with E-state index in [0.717, 1.165) is 41.8 Å².